The summed E-state index contributed by atoms with van der Waals surface area (Å²) in [5.74, 6) is 0.894. The maximum Gasteiger partial charge on any atom is 0.122 e. The number of benzene rings is 1. The van der Waals surface area contributed by atoms with Crippen LogP contribution in [0.1, 0.15) is 17.2 Å². The summed E-state index contributed by atoms with van der Waals surface area (Å²) in [4.78, 5) is 0. The smallest absolute Gasteiger partial charge is 0.122 e. The maximum atomic E-state index is 9.48. The molecule has 0 saturated carbocycles. The van der Waals surface area contributed by atoms with Gasteiger partial charge in [0, 0.05) is 13.0 Å². The third-order valence-corrected chi connectivity index (χ3v) is 2.33. The quantitative estimate of drug-likeness (QED) is 0.699. The fourth-order valence-electron chi connectivity index (χ4n) is 1.53. The Bertz CT molecular complexity index is 312. The van der Waals surface area contributed by atoms with Gasteiger partial charge in [-0.25, -0.2) is 0 Å². The molecule has 1 heterocycles. The Morgan fingerprint density at radius 1 is 1.54 bits per heavy atom. The second kappa shape index (κ2) is 3.36. The van der Waals surface area contributed by atoms with Crippen LogP contribution in [0.4, 0.5) is 0 Å². The predicted octanol–water partition coefficient (Wildman–Crippen LogP) is 0.614. The normalized spacial score (nSPS) is 16.5. The number of aliphatic hydroxyl groups excluding tert-OH is 1. The van der Waals surface area contributed by atoms with Gasteiger partial charge in [-0.05, 0) is 17.2 Å². The first-order valence-electron chi connectivity index (χ1n) is 4.45. The van der Waals surface area contributed by atoms with Gasteiger partial charge < -0.3 is 15.6 Å². The Labute approximate surface area is 77.1 Å². The van der Waals surface area contributed by atoms with Gasteiger partial charge in [0.2, 0.25) is 0 Å². The van der Waals surface area contributed by atoms with Gasteiger partial charge in [0.15, 0.2) is 0 Å². The van der Waals surface area contributed by atoms with Crippen molar-refractivity contribution >= 4 is 0 Å². The topological polar surface area (TPSA) is 55.5 Å². The van der Waals surface area contributed by atoms with Crippen LogP contribution in [-0.2, 0) is 6.42 Å². The van der Waals surface area contributed by atoms with E-state index >= 15 is 0 Å². The molecule has 0 aromatic heterocycles. The van der Waals surface area contributed by atoms with Crippen molar-refractivity contribution in [1.29, 1.82) is 0 Å². The van der Waals surface area contributed by atoms with Crippen LogP contribution in [0.5, 0.6) is 5.75 Å². The lowest BCUT2D eigenvalue weighted by Crippen LogP contribution is -2.11. The van der Waals surface area contributed by atoms with Crippen LogP contribution >= 0.6 is 0 Å². The summed E-state index contributed by atoms with van der Waals surface area (Å²) in [6.45, 7) is 0.996. The Morgan fingerprint density at radius 2 is 2.38 bits per heavy atom. The van der Waals surface area contributed by atoms with E-state index in [2.05, 4.69) is 0 Å². The minimum Gasteiger partial charge on any atom is -0.493 e. The zero-order chi connectivity index (χ0) is 9.26. The second-order valence-corrected chi connectivity index (χ2v) is 3.22. The number of hydrogen-bond donors (Lipinski definition) is 2. The van der Waals surface area contributed by atoms with Gasteiger partial charge in [0.25, 0.3) is 0 Å². The second-order valence-electron chi connectivity index (χ2n) is 3.22. The van der Waals surface area contributed by atoms with E-state index in [-0.39, 0.29) is 6.54 Å². The maximum absolute atomic E-state index is 9.48. The number of rotatable bonds is 2. The van der Waals surface area contributed by atoms with Crippen LogP contribution in [0.25, 0.3) is 0 Å². The monoisotopic (exact) mass is 179 g/mol. The molecule has 2 rings (SSSR count). The minimum absolute atomic E-state index is 0.249. The van der Waals surface area contributed by atoms with E-state index < -0.39 is 6.10 Å². The Kier molecular flexibility index (Phi) is 2.20. The van der Waals surface area contributed by atoms with E-state index in [1.165, 1.54) is 5.56 Å². The van der Waals surface area contributed by atoms with Crippen molar-refractivity contribution in [1.82, 2.24) is 0 Å². The molecule has 1 atom stereocenters. The molecule has 0 spiro atoms. The van der Waals surface area contributed by atoms with E-state index in [0.29, 0.717) is 0 Å². The lowest BCUT2D eigenvalue weighted by atomic mass is 10.1. The fourth-order valence-corrected chi connectivity index (χ4v) is 1.53. The highest BCUT2D eigenvalue weighted by atomic mass is 16.5. The molecule has 3 heteroatoms. The van der Waals surface area contributed by atoms with Crippen LogP contribution in [0.2, 0.25) is 0 Å². The number of nitrogens with two attached hydrogens (primary N) is 1. The average molecular weight is 179 g/mol. The number of aliphatic hydroxyl groups is 1. The summed E-state index contributed by atoms with van der Waals surface area (Å²) in [7, 11) is 0. The van der Waals surface area contributed by atoms with Crippen LogP contribution in [0.3, 0.4) is 0 Å². The van der Waals surface area contributed by atoms with E-state index in [4.69, 9.17) is 10.5 Å². The first kappa shape index (κ1) is 8.53. The predicted molar refractivity (Wildman–Crippen MR) is 49.7 cm³/mol. The fraction of sp³-hybridized carbons (Fsp3) is 0.400. The van der Waals surface area contributed by atoms with Crippen molar-refractivity contribution in [3.63, 3.8) is 0 Å². The van der Waals surface area contributed by atoms with Crippen molar-refractivity contribution in [2.45, 2.75) is 12.5 Å². The highest BCUT2D eigenvalue weighted by Crippen LogP contribution is 2.28. The first-order chi connectivity index (χ1) is 6.31. The highest BCUT2D eigenvalue weighted by Gasteiger charge is 2.14. The molecule has 0 amide bonds. The standard InChI is InChI=1S/C10H13NO2/c11-6-9(12)8-2-1-7-3-4-13-10(7)5-8/h1-2,5,9,12H,3-4,6,11H2/t9-/m1/s1. The van der Waals surface area contributed by atoms with Crippen LogP contribution in [0, 0.1) is 0 Å². The molecule has 1 aliphatic rings. The zero-order valence-electron chi connectivity index (χ0n) is 7.36. The van der Waals surface area contributed by atoms with Crippen LogP contribution in [0.15, 0.2) is 18.2 Å². The molecular formula is C10H13NO2. The molecule has 0 fully saturated rings. The van der Waals surface area contributed by atoms with Gasteiger partial charge >= 0.3 is 0 Å². The summed E-state index contributed by atoms with van der Waals surface area (Å²) in [6, 6.07) is 5.78. The lowest BCUT2D eigenvalue weighted by Gasteiger charge is -2.09. The molecule has 70 valence electrons. The molecule has 1 aromatic carbocycles. The van der Waals surface area contributed by atoms with Gasteiger partial charge in [-0.1, -0.05) is 12.1 Å². The summed E-state index contributed by atoms with van der Waals surface area (Å²) in [5.41, 5.74) is 7.41. The first-order valence-corrected chi connectivity index (χ1v) is 4.45. The summed E-state index contributed by atoms with van der Waals surface area (Å²) in [6.07, 6.45) is 0.392. The Morgan fingerprint density at radius 3 is 3.15 bits per heavy atom. The molecule has 3 nitrogen and oxygen atoms in total. The molecule has 13 heavy (non-hydrogen) atoms. The number of fused-ring (bicyclic) bond motifs is 1. The van der Waals surface area contributed by atoms with Gasteiger partial charge in [0.1, 0.15) is 5.75 Å². The molecule has 0 saturated heterocycles. The molecular weight excluding hydrogens is 166 g/mol. The third-order valence-electron chi connectivity index (χ3n) is 2.33. The van der Waals surface area contributed by atoms with Gasteiger partial charge in [-0.15, -0.1) is 0 Å². The van der Waals surface area contributed by atoms with Gasteiger partial charge in [-0.3, -0.25) is 0 Å². The van der Waals surface area contributed by atoms with E-state index in [1.807, 2.05) is 18.2 Å². The molecule has 0 bridgehead atoms. The van der Waals surface area contributed by atoms with Crippen molar-refractivity contribution in [3.8, 4) is 5.75 Å². The summed E-state index contributed by atoms with van der Waals surface area (Å²) in [5, 5.41) is 9.48. The molecule has 1 aliphatic heterocycles. The molecule has 0 aliphatic carbocycles. The van der Waals surface area contributed by atoms with Crippen LogP contribution in [-0.4, -0.2) is 18.3 Å². The molecule has 0 unspecified atom stereocenters. The van der Waals surface area contributed by atoms with E-state index in [9.17, 15) is 5.11 Å². The Hall–Kier alpha value is -1.06. The van der Waals surface area contributed by atoms with Crippen molar-refractivity contribution in [3.05, 3.63) is 29.3 Å². The highest BCUT2D eigenvalue weighted by molar-refractivity contribution is 5.40. The molecule has 0 radical (unpaired) electrons. The molecule has 1 aromatic rings. The lowest BCUT2D eigenvalue weighted by molar-refractivity contribution is 0.186. The van der Waals surface area contributed by atoms with Gasteiger partial charge in [-0.2, -0.15) is 0 Å². The van der Waals surface area contributed by atoms with Crippen molar-refractivity contribution in [2.24, 2.45) is 5.73 Å². The third kappa shape index (κ3) is 1.53. The number of hydrogen-bond acceptors (Lipinski definition) is 3. The van der Waals surface area contributed by atoms with Crippen molar-refractivity contribution in [2.75, 3.05) is 13.2 Å². The van der Waals surface area contributed by atoms with Crippen molar-refractivity contribution < 1.29 is 9.84 Å². The Balaban J connectivity index is 2.30. The minimum atomic E-state index is -0.575. The van der Waals surface area contributed by atoms with E-state index in [0.717, 1.165) is 24.3 Å². The summed E-state index contributed by atoms with van der Waals surface area (Å²) < 4.78 is 5.38. The zero-order valence-corrected chi connectivity index (χ0v) is 7.36. The largest absolute Gasteiger partial charge is 0.493 e. The van der Waals surface area contributed by atoms with E-state index in [1.54, 1.807) is 0 Å². The summed E-state index contributed by atoms with van der Waals surface area (Å²) >= 11 is 0. The van der Waals surface area contributed by atoms with Crippen LogP contribution < -0.4 is 10.5 Å². The molecule has 3 N–H and O–H groups in total. The van der Waals surface area contributed by atoms with Gasteiger partial charge in [0.05, 0.1) is 12.7 Å². The average Bonchev–Trinajstić information content (AvgIpc) is 2.63. The SMILES string of the molecule is NC[C@@H](O)c1ccc2c(c1)OCC2. The number of ether oxygens (including phenoxy) is 1.